The van der Waals surface area contributed by atoms with Gasteiger partial charge in [-0.1, -0.05) is 11.8 Å². The Morgan fingerprint density at radius 1 is 1.35 bits per heavy atom. The molecule has 140 valence electrons. The third kappa shape index (κ3) is 4.39. The molecule has 4 N–H and O–H groups in total. The van der Waals surface area contributed by atoms with Crippen LogP contribution in [0, 0.1) is 11.8 Å². The molecule has 1 aliphatic heterocycles. The minimum atomic E-state index is -1.04. The number of nitrogens with zero attached hydrogens (tertiary/aromatic N) is 1. The van der Waals surface area contributed by atoms with Crippen molar-refractivity contribution in [3.05, 3.63) is 35.4 Å². The first-order valence-corrected chi connectivity index (χ1v) is 8.14. The van der Waals surface area contributed by atoms with E-state index in [0.29, 0.717) is 30.6 Å². The first-order chi connectivity index (χ1) is 12.5. The molecule has 0 saturated carbocycles. The van der Waals surface area contributed by atoms with Gasteiger partial charge in [-0.05, 0) is 31.3 Å². The number of carbonyl (C=O) groups excluding carboxylic acids is 2. The van der Waals surface area contributed by atoms with E-state index >= 15 is 0 Å². The van der Waals surface area contributed by atoms with Gasteiger partial charge in [0.25, 0.3) is 11.8 Å². The van der Waals surface area contributed by atoms with E-state index in [2.05, 4.69) is 17.2 Å². The number of methoxy groups -OCH3 is 1. The third-order valence-electron chi connectivity index (χ3n) is 4.27. The monoisotopic (exact) mass is 361 g/mol. The number of likely N-dealkylation sites (tertiary alicyclic amines) is 1. The highest BCUT2D eigenvalue weighted by atomic mass is 16.5. The number of aliphatic hydroxyl groups excluding tert-OH is 1. The van der Waals surface area contributed by atoms with Crippen molar-refractivity contribution in [1.82, 2.24) is 15.7 Å². The first kappa shape index (κ1) is 19.9. The molecular formula is C18H23N3O5. The number of hydroxylamine groups is 1. The topological polar surface area (TPSA) is 111 Å². The molecule has 8 heteroatoms. The van der Waals surface area contributed by atoms with Crippen molar-refractivity contribution in [2.45, 2.75) is 18.1 Å². The minimum Gasteiger partial charge on any atom is -0.395 e. The predicted octanol–water partition coefficient (Wildman–Crippen LogP) is -0.645. The van der Waals surface area contributed by atoms with Crippen LogP contribution in [-0.2, 0) is 9.53 Å². The molecule has 0 bridgehead atoms. The summed E-state index contributed by atoms with van der Waals surface area (Å²) in [6.07, 6.45) is 0.383. The van der Waals surface area contributed by atoms with E-state index in [0.717, 1.165) is 0 Å². The second kappa shape index (κ2) is 8.78. The fourth-order valence-electron chi connectivity index (χ4n) is 2.94. The van der Waals surface area contributed by atoms with Crippen LogP contribution in [0.4, 0.5) is 0 Å². The summed E-state index contributed by atoms with van der Waals surface area (Å²) in [7, 11) is 3.33. The fourth-order valence-corrected chi connectivity index (χ4v) is 2.94. The molecule has 1 aromatic rings. The summed E-state index contributed by atoms with van der Waals surface area (Å²) in [4.78, 5) is 26.5. The predicted molar refractivity (Wildman–Crippen MR) is 93.4 cm³/mol. The van der Waals surface area contributed by atoms with Gasteiger partial charge in [-0.25, -0.2) is 5.48 Å². The zero-order valence-electron chi connectivity index (χ0n) is 14.8. The number of benzene rings is 1. The number of carbonyl (C=O) groups is 2. The molecular weight excluding hydrogens is 338 g/mol. The number of hydrogen-bond donors (Lipinski definition) is 4. The maximum absolute atomic E-state index is 12.5. The van der Waals surface area contributed by atoms with Gasteiger partial charge in [-0.15, -0.1) is 0 Å². The van der Waals surface area contributed by atoms with Crippen LogP contribution in [0.5, 0.6) is 0 Å². The van der Waals surface area contributed by atoms with E-state index in [1.165, 1.54) is 7.11 Å². The number of aliphatic hydroxyl groups is 1. The SMILES string of the molecule is COC1(C(NC(=O)c2ccc(C#CCCO)cc2)C(=O)NO)CN(C)C1. The lowest BCUT2D eigenvalue weighted by atomic mass is 9.85. The number of ether oxygens (including phenoxy) is 1. The molecule has 0 aliphatic carbocycles. The van der Waals surface area contributed by atoms with E-state index < -0.39 is 23.5 Å². The second-order valence-electron chi connectivity index (χ2n) is 6.18. The Hall–Kier alpha value is -2.44. The van der Waals surface area contributed by atoms with E-state index in [1.807, 2.05) is 11.9 Å². The van der Waals surface area contributed by atoms with E-state index in [1.54, 1.807) is 29.7 Å². The van der Waals surface area contributed by atoms with Gasteiger partial charge in [0.05, 0.1) is 6.61 Å². The van der Waals surface area contributed by atoms with Crippen molar-refractivity contribution in [2.75, 3.05) is 33.9 Å². The Morgan fingerprint density at radius 2 is 2.00 bits per heavy atom. The highest BCUT2D eigenvalue weighted by molar-refractivity contribution is 5.98. The Morgan fingerprint density at radius 3 is 2.50 bits per heavy atom. The van der Waals surface area contributed by atoms with Crippen LogP contribution in [0.1, 0.15) is 22.3 Å². The summed E-state index contributed by atoms with van der Waals surface area (Å²) < 4.78 is 5.47. The molecule has 0 aromatic heterocycles. The molecule has 8 nitrogen and oxygen atoms in total. The molecule has 2 amide bonds. The molecule has 1 aliphatic rings. The number of amides is 2. The van der Waals surface area contributed by atoms with Crippen molar-refractivity contribution in [3.8, 4) is 11.8 Å². The van der Waals surface area contributed by atoms with Gasteiger partial charge in [-0.3, -0.25) is 14.8 Å². The van der Waals surface area contributed by atoms with Crippen molar-refractivity contribution < 1.29 is 24.6 Å². The van der Waals surface area contributed by atoms with Gasteiger partial charge in [-0.2, -0.15) is 0 Å². The maximum atomic E-state index is 12.5. The summed E-state index contributed by atoms with van der Waals surface area (Å²) in [5.41, 5.74) is 1.77. The average Bonchev–Trinajstić information content (AvgIpc) is 2.63. The van der Waals surface area contributed by atoms with Crippen LogP contribution in [-0.4, -0.2) is 72.5 Å². The van der Waals surface area contributed by atoms with Gasteiger partial charge in [0.2, 0.25) is 0 Å². The summed E-state index contributed by atoms with van der Waals surface area (Å²) in [6.45, 7) is 0.890. The normalized spacial score (nSPS) is 16.6. The molecule has 1 fully saturated rings. The molecule has 26 heavy (non-hydrogen) atoms. The molecule has 1 heterocycles. The first-order valence-electron chi connectivity index (χ1n) is 8.14. The van der Waals surface area contributed by atoms with Gasteiger partial charge in [0, 0.05) is 37.7 Å². The van der Waals surface area contributed by atoms with Crippen molar-refractivity contribution in [1.29, 1.82) is 0 Å². The van der Waals surface area contributed by atoms with Crippen molar-refractivity contribution >= 4 is 11.8 Å². The average molecular weight is 361 g/mol. The van der Waals surface area contributed by atoms with Gasteiger partial charge >= 0.3 is 0 Å². The molecule has 1 atom stereocenters. The van der Waals surface area contributed by atoms with E-state index in [4.69, 9.17) is 15.1 Å². The maximum Gasteiger partial charge on any atom is 0.269 e. The van der Waals surface area contributed by atoms with Gasteiger partial charge in [0.15, 0.2) is 0 Å². The van der Waals surface area contributed by atoms with Crippen LogP contribution in [0.2, 0.25) is 0 Å². The lowest BCUT2D eigenvalue weighted by Crippen LogP contribution is -2.74. The molecule has 0 spiro atoms. The van der Waals surface area contributed by atoms with Crippen LogP contribution >= 0.6 is 0 Å². The number of likely N-dealkylation sites (N-methyl/N-ethyl adjacent to an activating group) is 1. The smallest absolute Gasteiger partial charge is 0.269 e. The highest BCUT2D eigenvalue weighted by Gasteiger charge is 2.52. The second-order valence-corrected chi connectivity index (χ2v) is 6.18. The standard InChI is InChI=1S/C18H23N3O5/c1-21-11-18(12-21,26-2)15(17(24)20-25)19-16(23)14-8-6-13(7-9-14)5-3-4-10-22/h6-9,15,22,25H,4,10-12H2,1-2H3,(H,19,23)(H,20,24). The Labute approximate surface area is 152 Å². The third-order valence-corrected chi connectivity index (χ3v) is 4.27. The largest absolute Gasteiger partial charge is 0.395 e. The van der Waals surface area contributed by atoms with Crippen molar-refractivity contribution in [3.63, 3.8) is 0 Å². The van der Waals surface area contributed by atoms with Gasteiger partial charge in [0.1, 0.15) is 11.6 Å². The van der Waals surface area contributed by atoms with E-state index in [-0.39, 0.29) is 6.61 Å². The number of rotatable bonds is 6. The summed E-state index contributed by atoms with van der Waals surface area (Å²) in [6, 6.07) is 5.52. The van der Waals surface area contributed by atoms with Crippen molar-refractivity contribution in [2.24, 2.45) is 0 Å². The summed E-state index contributed by atoms with van der Waals surface area (Å²) in [5.74, 6) is 4.48. The molecule has 1 saturated heterocycles. The molecule has 2 rings (SSSR count). The number of nitrogens with one attached hydrogen (secondary N) is 2. The zero-order chi connectivity index (χ0) is 19.2. The van der Waals surface area contributed by atoms with Gasteiger partial charge < -0.3 is 20.1 Å². The molecule has 1 aromatic carbocycles. The molecule has 0 radical (unpaired) electrons. The lowest BCUT2D eigenvalue weighted by Gasteiger charge is -2.50. The van der Waals surface area contributed by atoms with Crippen LogP contribution in [0.3, 0.4) is 0 Å². The fraction of sp³-hybridized carbons (Fsp3) is 0.444. The van der Waals surface area contributed by atoms with Crippen LogP contribution in [0.15, 0.2) is 24.3 Å². The van der Waals surface area contributed by atoms with Crippen LogP contribution in [0.25, 0.3) is 0 Å². The Balaban J connectivity index is 2.12. The summed E-state index contributed by atoms with van der Waals surface area (Å²) >= 11 is 0. The number of hydrogen-bond acceptors (Lipinski definition) is 6. The zero-order valence-corrected chi connectivity index (χ0v) is 14.8. The quantitative estimate of drug-likeness (QED) is 0.305. The lowest BCUT2D eigenvalue weighted by molar-refractivity contribution is -0.160. The molecule has 1 unspecified atom stereocenters. The van der Waals surface area contributed by atoms with E-state index in [9.17, 15) is 9.59 Å². The minimum absolute atomic E-state index is 0.00175. The van der Waals surface area contributed by atoms with Crippen LogP contribution < -0.4 is 10.8 Å². The Kier molecular flexibility index (Phi) is 6.71. The highest BCUT2D eigenvalue weighted by Crippen LogP contribution is 2.27. The Bertz CT molecular complexity index is 702. The summed E-state index contributed by atoms with van der Waals surface area (Å²) in [5, 5.41) is 20.4.